The zero-order valence-corrected chi connectivity index (χ0v) is 35.3. The van der Waals surface area contributed by atoms with Gasteiger partial charge in [0, 0.05) is 74.6 Å². The van der Waals surface area contributed by atoms with Crippen molar-refractivity contribution in [1.82, 2.24) is 9.13 Å². The number of nitrogens with zero attached hydrogens (tertiary/aromatic N) is 2. The van der Waals surface area contributed by atoms with Gasteiger partial charge in [-0.25, -0.2) is 0 Å². The van der Waals surface area contributed by atoms with Gasteiger partial charge in [0.05, 0.1) is 0 Å². The highest BCUT2D eigenvalue weighted by atomic mass is 15.0. The highest BCUT2D eigenvalue weighted by Crippen LogP contribution is 2.46. The molecular formula is C58H57N3. The first-order valence-corrected chi connectivity index (χ1v) is 23.4. The summed E-state index contributed by atoms with van der Waals surface area (Å²) in [7, 11) is 0. The molecule has 0 spiro atoms. The number of rotatable bonds is 9. The maximum Gasteiger partial charge on any atom is 0.0491 e. The third kappa shape index (κ3) is 6.02. The number of unbranched alkanes of at least 4 members (excludes halogenated alkanes) is 1. The maximum absolute atomic E-state index is 7.81. The largest absolute Gasteiger partial charge is 0.344 e. The van der Waals surface area contributed by atoms with Gasteiger partial charge in [-0.15, -0.1) is 0 Å². The predicted molar refractivity (Wildman–Crippen MR) is 256 cm³/mol. The normalized spacial score (nSPS) is 26.9. The van der Waals surface area contributed by atoms with Crippen LogP contribution >= 0.6 is 0 Å². The van der Waals surface area contributed by atoms with E-state index in [1.807, 2.05) is 6.08 Å². The van der Waals surface area contributed by atoms with Gasteiger partial charge in [0.15, 0.2) is 0 Å². The van der Waals surface area contributed by atoms with Crippen LogP contribution < -0.4 is 26.7 Å². The lowest BCUT2D eigenvalue weighted by atomic mass is 9.63. The van der Waals surface area contributed by atoms with E-state index in [-0.39, 0.29) is 17.9 Å². The summed E-state index contributed by atoms with van der Waals surface area (Å²) in [6, 6.07) is 23.5. The van der Waals surface area contributed by atoms with E-state index in [9.17, 15) is 0 Å². The number of aryl methyl sites for hydroxylation is 1. The molecule has 61 heavy (non-hydrogen) atoms. The second-order valence-electron chi connectivity index (χ2n) is 19.0. The van der Waals surface area contributed by atoms with E-state index in [1.165, 1.54) is 82.8 Å². The van der Waals surface area contributed by atoms with Crippen LogP contribution in [0.15, 0.2) is 140 Å². The van der Waals surface area contributed by atoms with E-state index in [1.54, 1.807) is 0 Å². The summed E-state index contributed by atoms with van der Waals surface area (Å²) in [5.74, 6) is 2.69. The SMILES string of the molecule is C=C/C=C\CCCn1c2c(c3cc4c(cc31)C[C@H]1C=c3c(n(CC5C=C[C@@H]6C=CC=CC6C5C(N)C5=c6ccccc6=C6C=CCC[C@@H]6C5)c5ccccc35)=CC41)C=CCC2. The lowest BCUT2D eigenvalue weighted by molar-refractivity contribution is 0.218. The smallest absolute Gasteiger partial charge is 0.0491 e. The fourth-order valence-electron chi connectivity index (χ4n) is 13.0. The molecule has 0 saturated carbocycles. The fraction of sp³-hybridized carbons (Fsp3) is 0.310. The predicted octanol–water partition coefficient (Wildman–Crippen LogP) is 9.47. The quantitative estimate of drug-likeness (QED) is 0.0902. The van der Waals surface area contributed by atoms with Crippen molar-refractivity contribution in [2.45, 2.75) is 76.4 Å². The van der Waals surface area contributed by atoms with Gasteiger partial charge >= 0.3 is 0 Å². The molecule has 0 aliphatic heterocycles. The molecule has 3 nitrogen and oxygen atoms in total. The van der Waals surface area contributed by atoms with Crippen LogP contribution in [0.4, 0.5) is 0 Å². The summed E-state index contributed by atoms with van der Waals surface area (Å²) >= 11 is 0. The fourth-order valence-corrected chi connectivity index (χ4v) is 13.0. The van der Waals surface area contributed by atoms with Crippen LogP contribution in [-0.4, -0.2) is 15.2 Å². The standard InChI is InChI=1S/C58H57N3/c1-2-3-4-5-16-29-60-53-25-14-12-24-47(53)51-34-48-41(33-55(51)60)30-40-32-50-46-23-13-15-26-54(46)61(56(50)35-49(40)48)36-39-28-27-37-17-6-9-20-43(37)57(39)58(59)52-31-38-18-7-8-19-42(38)44-21-10-11-22-45(44)52/h2-4,6,8-13,15,17,19-24,26-28,32-35,37-40,43,49,57-58H,1,5,7,14,16,18,25,29-31,36,59H2/b4-3-/t37-,38+,39?,40-,43?,49?,57?,58?/m0/s1. The van der Waals surface area contributed by atoms with Crippen molar-refractivity contribution in [2.75, 3.05) is 0 Å². The van der Waals surface area contributed by atoms with Crippen molar-refractivity contribution in [3.63, 3.8) is 0 Å². The summed E-state index contributed by atoms with van der Waals surface area (Å²) < 4.78 is 5.36. The van der Waals surface area contributed by atoms with Crippen molar-refractivity contribution >= 4 is 51.2 Å². The monoisotopic (exact) mass is 795 g/mol. The van der Waals surface area contributed by atoms with E-state index in [0.29, 0.717) is 29.6 Å². The molecule has 0 bridgehead atoms. The Kier molecular flexibility index (Phi) is 9.17. The van der Waals surface area contributed by atoms with E-state index in [0.717, 1.165) is 58.0 Å². The molecule has 0 amide bonds. The number of hydrogen-bond donors (Lipinski definition) is 1. The lowest BCUT2D eigenvalue weighted by Crippen LogP contribution is -2.49. The number of hydrogen-bond acceptors (Lipinski definition) is 1. The van der Waals surface area contributed by atoms with Crippen LogP contribution in [-0.2, 0) is 25.9 Å². The molecule has 8 atom stereocenters. The molecule has 2 N–H and O–H groups in total. The van der Waals surface area contributed by atoms with Crippen LogP contribution in [0.2, 0.25) is 0 Å². The lowest BCUT2D eigenvalue weighted by Gasteiger charge is -2.43. The summed E-state index contributed by atoms with van der Waals surface area (Å²) in [5, 5.41) is 8.43. The Morgan fingerprint density at radius 3 is 2.64 bits per heavy atom. The van der Waals surface area contributed by atoms with Gasteiger partial charge in [-0.1, -0.05) is 140 Å². The Hall–Kier alpha value is -5.64. The maximum atomic E-state index is 7.81. The van der Waals surface area contributed by atoms with Crippen molar-refractivity contribution < 1.29 is 0 Å². The molecule has 3 aromatic carbocycles. The Bertz CT molecular complexity index is 3080. The molecule has 5 unspecified atom stereocenters. The average molecular weight is 796 g/mol. The van der Waals surface area contributed by atoms with Gasteiger partial charge in [0.25, 0.3) is 0 Å². The van der Waals surface area contributed by atoms with Crippen LogP contribution in [0.5, 0.6) is 0 Å². The highest BCUT2D eigenvalue weighted by Gasteiger charge is 2.42. The minimum Gasteiger partial charge on any atom is -0.344 e. The Morgan fingerprint density at radius 1 is 0.836 bits per heavy atom. The van der Waals surface area contributed by atoms with Crippen molar-refractivity contribution in [1.29, 1.82) is 0 Å². The van der Waals surface area contributed by atoms with Gasteiger partial charge in [-0.05, 0) is 132 Å². The van der Waals surface area contributed by atoms with Gasteiger partial charge < -0.3 is 14.9 Å². The van der Waals surface area contributed by atoms with Crippen LogP contribution in [0.1, 0.15) is 66.8 Å². The molecule has 0 saturated heterocycles. The number of aromatic nitrogens is 2. The highest BCUT2D eigenvalue weighted by molar-refractivity contribution is 5.94. The number of benzene rings is 3. The van der Waals surface area contributed by atoms with Gasteiger partial charge in [0.2, 0.25) is 0 Å². The first-order valence-electron chi connectivity index (χ1n) is 23.4. The minimum atomic E-state index is -0.0372. The average Bonchev–Trinajstić information content (AvgIpc) is 3.93. The third-order valence-corrected chi connectivity index (χ3v) is 15.8. The molecule has 7 aliphatic carbocycles. The molecule has 0 radical (unpaired) electrons. The molecular weight excluding hydrogens is 739 g/mol. The van der Waals surface area contributed by atoms with Crippen LogP contribution in [0.3, 0.4) is 0 Å². The van der Waals surface area contributed by atoms with E-state index in [2.05, 4.69) is 161 Å². The molecule has 3 heteroatoms. The zero-order chi connectivity index (χ0) is 40.6. The van der Waals surface area contributed by atoms with Gasteiger partial charge in [-0.3, -0.25) is 0 Å². The first-order chi connectivity index (χ1) is 30.1. The second kappa shape index (κ2) is 15.1. The Morgan fingerprint density at radius 2 is 1.70 bits per heavy atom. The second-order valence-corrected chi connectivity index (χ2v) is 19.0. The van der Waals surface area contributed by atoms with Crippen molar-refractivity contribution in [2.24, 2.45) is 41.2 Å². The van der Waals surface area contributed by atoms with Crippen molar-refractivity contribution in [3.05, 3.63) is 184 Å². The minimum absolute atomic E-state index is 0.0372. The molecule has 2 aromatic heterocycles. The number of nitrogens with two attached hydrogens (primary N) is 1. The number of para-hydroxylation sites is 1. The van der Waals surface area contributed by atoms with Gasteiger partial charge in [0.1, 0.15) is 0 Å². The summed E-state index contributed by atoms with van der Waals surface area (Å²) in [6.07, 6.45) is 44.6. The molecule has 304 valence electrons. The molecule has 2 heterocycles. The molecule has 0 fully saturated rings. The third-order valence-electron chi connectivity index (χ3n) is 15.8. The topological polar surface area (TPSA) is 35.9 Å². The summed E-state index contributed by atoms with van der Waals surface area (Å²) in [5.41, 5.74) is 19.6. The van der Waals surface area contributed by atoms with Crippen LogP contribution in [0, 0.1) is 35.5 Å². The van der Waals surface area contributed by atoms with Gasteiger partial charge in [-0.2, -0.15) is 0 Å². The number of allylic oxidation sites excluding steroid dienone is 12. The van der Waals surface area contributed by atoms with E-state index >= 15 is 0 Å². The van der Waals surface area contributed by atoms with Crippen molar-refractivity contribution in [3.8, 4) is 0 Å². The Balaban J connectivity index is 0.960. The first kappa shape index (κ1) is 37.1. The number of fused-ring (bicyclic) bond motifs is 12. The zero-order valence-electron chi connectivity index (χ0n) is 35.3. The van der Waals surface area contributed by atoms with Crippen LogP contribution in [0.25, 0.3) is 51.2 Å². The Labute approximate surface area is 360 Å². The molecule has 7 aliphatic rings. The molecule has 12 rings (SSSR count). The summed E-state index contributed by atoms with van der Waals surface area (Å²) in [4.78, 5) is 0. The molecule has 5 aromatic rings. The van der Waals surface area contributed by atoms with E-state index < -0.39 is 0 Å². The van der Waals surface area contributed by atoms with E-state index in [4.69, 9.17) is 5.73 Å². The summed E-state index contributed by atoms with van der Waals surface area (Å²) in [6.45, 7) is 5.84.